The molecule has 0 aromatic carbocycles. The third-order valence-electron chi connectivity index (χ3n) is 1.75. The van der Waals surface area contributed by atoms with Crippen LogP contribution in [0.3, 0.4) is 0 Å². The molecular formula is C9H7NO2. The van der Waals surface area contributed by atoms with Crippen LogP contribution in [0, 0.1) is 0 Å². The van der Waals surface area contributed by atoms with Gasteiger partial charge in [0.05, 0.1) is 11.6 Å². The van der Waals surface area contributed by atoms with E-state index in [2.05, 4.69) is 4.98 Å². The second kappa shape index (κ2) is 2.44. The van der Waals surface area contributed by atoms with E-state index < -0.39 is 0 Å². The molecule has 0 aliphatic rings. The van der Waals surface area contributed by atoms with Gasteiger partial charge < -0.3 is 4.42 Å². The van der Waals surface area contributed by atoms with Crippen LogP contribution in [0.2, 0.25) is 0 Å². The van der Waals surface area contributed by atoms with Crippen LogP contribution in [-0.4, -0.2) is 10.8 Å². The molecular weight excluding hydrogens is 154 g/mol. The molecule has 0 bridgehead atoms. The smallest absolute Gasteiger partial charge is 0.226 e. The Morgan fingerprint density at radius 2 is 2.33 bits per heavy atom. The maximum Gasteiger partial charge on any atom is 0.226 e. The Kier molecular flexibility index (Phi) is 1.43. The maximum absolute atomic E-state index is 11.1. The summed E-state index contributed by atoms with van der Waals surface area (Å²) in [6, 6.07) is 3.44. The highest BCUT2D eigenvalue weighted by atomic mass is 16.3. The van der Waals surface area contributed by atoms with Crippen molar-refractivity contribution in [3.8, 4) is 0 Å². The average molecular weight is 161 g/mol. The number of pyridine rings is 1. The number of fused-ring (bicyclic) bond motifs is 1. The van der Waals surface area contributed by atoms with Crippen LogP contribution < -0.4 is 0 Å². The zero-order valence-corrected chi connectivity index (χ0v) is 6.57. The Hall–Kier alpha value is -1.64. The van der Waals surface area contributed by atoms with E-state index >= 15 is 0 Å². The number of ketones is 1. The van der Waals surface area contributed by atoms with Crippen molar-refractivity contribution in [2.45, 2.75) is 6.92 Å². The van der Waals surface area contributed by atoms with Crippen molar-refractivity contribution in [1.29, 1.82) is 0 Å². The van der Waals surface area contributed by atoms with Crippen LogP contribution in [-0.2, 0) is 0 Å². The van der Waals surface area contributed by atoms with Crippen molar-refractivity contribution in [1.82, 2.24) is 4.98 Å². The lowest BCUT2D eigenvalue weighted by atomic mass is 10.1. The lowest BCUT2D eigenvalue weighted by Crippen LogP contribution is -1.92. The number of nitrogens with zero attached hydrogens (tertiary/aromatic N) is 1. The first-order valence-corrected chi connectivity index (χ1v) is 3.62. The molecule has 0 N–H and O–H groups in total. The molecule has 2 rings (SSSR count). The summed E-state index contributed by atoms with van der Waals surface area (Å²) >= 11 is 0. The minimum Gasteiger partial charge on any atom is -0.446 e. The van der Waals surface area contributed by atoms with Crippen LogP contribution >= 0.6 is 0 Å². The molecule has 0 aliphatic heterocycles. The van der Waals surface area contributed by atoms with E-state index in [9.17, 15) is 4.79 Å². The summed E-state index contributed by atoms with van der Waals surface area (Å²) in [6.45, 7) is 1.53. The fourth-order valence-corrected chi connectivity index (χ4v) is 1.18. The van der Waals surface area contributed by atoms with Crippen molar-refractivity contribution in [2.24, 2.45) is 0 Å². The third-order valence-corrected chi connectivity index (χ3v) is 1.75. The molecule has 3 nitrogen and oxygen atoms in total. The molecule has 0 saturated carbocycles. The van der Waals surface area contributed by atoms with E-state index in [0.29, 0.717) is 11.3 Å². The van der Waals surface area contributed by atoms with Gasteiger partial charge in [-0.05, 0) is 19.1 Å². The van der Waals surface area contributed by atoms with Crippen molar-refractivity contribution in [3.63, 3.8) is 0 Å². The fourth-order valence-electron chi connectivity index (χ4n) is 1.18. The highest BCUT2D eigenvalue weighted by Crippen LogP contribution is 2.17. The summed E-state index contributed by atoms with van der Waals surface area (Å²) in [5, 5.41) is 0.782. The highest BCUT2D eigenvalue weighted by molar-refractivity contribution is 6.04. The molecule has 12 heavy (non-hydrogen) atoms. The first kappa shape index (κ1) is 7.03. The van der Waals surface area contributed by atoms with Crippen molar-refractivity contribution >= 4 is 16.9 Å². The SMILES string of the molecule is CC(=O)c1ccnc2occc12. The van der Waals surface area contributed by atoms with Gasteiger partial charge in [-0.25, -0.2) is 4.98 Å². The lowest BCUT2D eigenvalue weighted by Gasteiger charge is -1.94. The van der Waals surface area contributed by atoms with Crippen LogP contribution in [0.25, 0.3) is 11.1 Å². The second-order valence-electron chi connectivity index (χ2n) is 2.55. The van der Waals surface area contributed by atoms with Crippen molar-refractivity contribution in [2.75, 3.05) is 0 Å². The summed E-state index contributed by atoms with van der Waals surface area (Å²) in [5.41, 5.74) is 1.18. The summed E-state index contributed by atoms with van der Waals surface area (Å²) in [5.74, 6) is 0.0313. The topological polar surface area (TPSA) is 43.1 Å². The Bertz CT molecular complexity index is 431. The number of rotatable bonds is 1. The van der Waals surface area contributed by atoms with Crippen LogP contribution in [0.15, 0.2) is 29.0 Å². The van der Waals surface area contributed by atoms with Gasteiger partial charge in [0.2, 0.25) is 5.71 Å². The van der Waals surface area contributed by atoms with E-state index in [4.69, 9.17) is 4.42 Å². The first-order valence-electron chi connectivity index (χ1n) is 3.62. The largest absolute Gasteiger partial charge is 0.446 e. The number of furan rings is 1. The van der Waals surface area contributed by atoms with Gasteiger partial charge in [0.15, 0.2) is 5.78 Å². The molecule has 0 fully saturated rings. The minimum absolute atomic E-state index is 0.0313. The number of hydrogen-bond donors (Lipinski definition) is 0. The fraction of sp³-hybridized carbons (Fsp3) is 0.111. The minimum atomic E-state index is 0.0313. The number of carbonyl (C=O) groups is 1. The molecule has 2 heterocycles. The van der Waals surface area contributed by atoms with E-state index in [0.717, 1.165) is 5.39 Å². The second-order valence-corrected chi connectivity index (χ2v) is 2.55. The molecule has 2 aromatic rings. The van der Waals surface area contributed by atoms with Gasteiger partial charge in [-0.15, -0.1) is 0 Å². The molecule has 0 saturated heterocycles. The van der Waals surface area contributed by atoms with E-state index in [1.54, 1.807) is 18.3 Å². The van der Waals surface area contributed by atoms with Crippen molar-refractivity contribution in [3.05, 3.63) is 30.2 Å². The Morgan fingerprint density at radius 3 is 3.08 bits per heavy atom. The molecule has 0 amide bonds. The maximum atomic E-state index is 11.1. The summed E-state index contributed by atoms with van der Waals surface area (Å²) < 4.78 is 5.05. The van der Waals surface area contributed by atoms with Gasteiger partial charge >= 0.3 is 0 Å². The molecule has 2 aromatic heterocycles. The molecule has 60 valence electrons. The van der Waals surface area contributed by atoms with Crippen LogP contribution in [0.1, 0.15) is 17.3 Å². The number of Topliss-reactive ketones (excluding diaryl/α,β-unsaturated/α-hetero) is 1. The quantitative estimate of drug-likeness (QED) is 0.601. The molecule has 0 radical (unpaired) electrons. The predicted molar refractivity (Wildman–Crippen MR) is 44.0 cm³/mol. The summed E-state index contributed by atoms with van der Waals surface area (Å²) in [6.07, 6.45) is 3.10. The first-order chi connectivity index (χ1) is 5.79. The van der Waals surface area contributed by atoms with Crippen LogP contribution in [0.4, 0.5) is 0 Å². The number of carbonyl (C=O) groups excluding carboxylic acids is 1. The Balaban J connectivity index is 2.82. The van der Waals surface area contributed by atoms with Gasteiger partial charge in [-0.3, -0.25) is 4.79 Å². The van der Waals surface area contributed by atoms with Gasteiger partial charge in [-0.2, -0.15) is 0 Å². The van der Waals surface area contributed by atoms with Crippen LogP contribution in [0.5, 0.6) is 0 Å². The normalized spacial score (nSPS) is 10.4. The molecule has 0 aliphatic carbocycles. The Labute approximate surface area is 69.0 Å². The van der Waals surface area contributed by atoms with E-state index in [1.807, 2.05) is 0 Å². The standard InChI is InChI=1S/C9H7NO2/c1-6(11)7-2-4-10-9-8(7)3-5-12-9/h2-5H,1H3. The third kappa shape index (κ3) is 0.906. The summed E-state index contributed by atoms with van der Waals surface area (Å²) in [4.78, 5) is 15.1. The Morgan fingerprint density at radius 1 is 1.50 bits per heavy atom. The number of hydrogen-bond acceptors (Lipinski definition) is 3. The average Bonchev–Trinajstić information content (AvgIpc) is 2.49. The lowest BCUT2D eigenvalue weighted by molar-refractivity contribution is 0.101. The highest BCUT2D eigenvalue weighted by Gasteiger charge is 2.06. The monoisotopic (exact) mass is 161 g/mol. The summed E-state index contributed by atoms with van der Waals surface area (Å²) in [7, 11) is 0. The molecule has 0 unspecified atom stereocenters. The van der Waals surface area contributed by atoms with Gasteiger partial charge in [0.1, 0.15) is 0 Å². The predicted octanol–water partition coefficient (Wildman–Crippen LogP) is 2.03. The van der Waals surface area contributed by atoms with E-state index in [1.165, 1.54) is 13.2 Å². The van der Waals surface area contributed by atoms with Crippen molar-refractivity contribution < 1.29 is 9.21 Å². The zero-order chi connectivity index (χ0) is 8.55. The molecule has 0 spiro atoms. The molecule has 3 heteroatoms. The van der Waals surface area contributed by atoms with E-state index in [-0.39, 0.29) is 5.78 Å². The number of aromatic nitrogens is 1. The molecule has 0 atom stereocenters. The van der Waals surface area contributed by atoms with Gasteiger partial charge in [0, 0.05) is 11.8 Å². The van der Waals surface area contributed by atoms with Gasteiger partial charge in [0.25, 0.3) is 0 Å². The van der Waals surface area contributed by atoms with Gasteiger partial charge in [-0.1, -0.05) is 0 Å². The zero-order valence-electron chi connectivity index (χ0n) is 6.57.